The minimum atomic E-state index is -3.38. The van der Waals surface area contributed by atoms with Crippen LogP contribution in [0.1, 0.15) is 39.2 Å². The second kappa shape index (κ2) is 8.23. The Labute approximate surface area is 195 Å². The van der Waals surface area contributed by atoms with Crippen LogP contribution in [-0.2, 0) is 14.8 Å². The van der Waals surface area contributed by atoms with Crippen molar-refractivity contribution in [3.05, 3.63) is 35.5 Å². The highest BCUT2D eigenvalue weighted by Gasteiger charge is 2.50. The number of urea groups is 1. The van der Waals surface area contributed by atoms with Crippen LogP contribution in [-0.4, -0.2) is 67.6 Å². The van der Waals surface area contributed by atoms with E-state index < -0.39 is 21.8 Å². The second-order valence-corrected chi connectivity index (χ2v) is 12.0. The molecule has 2 unspecified atom stereocenters. The lowest BCUT2D eigenvalue weighted by atomic mass is 9.87. The van der Waals surface area contributed by atoms with Crippen molar-refractivity contribution < 1.29 is 18.0 Å². The molecule has 2 aliphatic heterocycles. The second-order valence-electron chi connectivity index (χ2n) is 10.3. The average molecular weight is 476 g/mol. The number of carbonyl (C=O) groups is 2. The van der Waals surface area contributed by atoms with Crippen LogP contribution in [0.25, 0.3) is 5.57 Å². The number of primary amides is 1. The minimum absolute atomic E-state index is 0.136. The summed E-state index contributed by atoms with van der Waals surface area (Å²) in [5, 5.41) is 3.01. The van der Waals surface area contributed by atoms with Crippen molar-refractivity contribution in [1.29, 1.82) is 0 Å². The monoisotopic (exact) mass is 475 g/mol. The molecule has 3 aliphatic rings. The van der Waals surface area contributed by atoms with Gasteiger partial charge in [-0.2, -0.15) is 0 Å². The smallest absolute Gasteiger partial charge is 0.317 e. The Morgan fingerprint density at radius 1 is 1.09 bits per heavy atom. The van der Waals surface area contributed by atoms with Crippen molar-refractivity contribution in [3.8, 4) is 0 Å². The van der Waals surface area contributed by atoms with Crippen molar-refractivity contribution in [2.75, 3.05) is 30.6 Å². The van der Waals surface area contributed by atoms with Crippen LogP contribution < -0.4 is 15.8 Å². The number of anilines is 1. The first-order valence-corrected chi connectivity index (χ1v) is 13.2. The van der Waals surface area contributed by atoms with Crippen molar-refractivity contribution in [2.45, 2.75) is 45.2 Å². The summed E-state index contributed by atoms with van der Waals surface area (Å²) >= 11 is 0. The molecule has 9 nitrogen and oxygen atoms in total. The van der Waals surface area contributed by atoms with Gasteiger partial charge in [-0.3, -0.25) is 9.52 Å². The van der Waals surface area contributed by atoms with E-state index in [2.05, 4.69) is 14.9 Å². The van der Waals surface area contributed by atoms with E-state index in [4.69, 9.17) is 5.73 Å². The first kappa shape index (κ1) is 23.4. The maximum atomic E-state index is 12.8. The predicted molar refractivity (Wildman–Crippen MR) is 128 cm³/mol. The lowest BCUT2D eigenvalue weighted by Crippen LogP contribution is -2.59. The Morgan fingerprint density at radius 3 is 2.24 bits per heavy atom. The van der Waals surface area contributed by atoms with Crippen molar-refractivity contribution in [3.63, 3.8) is 0 Å². The van der Waals surface area contributed by atoms with Gasteiger partial charge in [-0.05, 0) is 62.8 Å². The van der Waals surface area contributed by atoms with E-state index in [1.165, 1.54) is 0 Å². The summed E-state index contributed by atoms with van der Waals surface area (Å²) in [4.78, 5) is 29.6. The summed E-state index contributed by atoms with van der Waals surface area (Å²) in [5.74, 6) is -0.567. The maximum absolute atomic E-state index is 12.8. The highest BCUT2D eigenvalue weighted by molar-refractivity contribution is 7.92. The number of amides is 3. The van der Waals surface area contributed by atoms with Gasteiger partial charge in [0.15, 0.2) is 0 Å². The largest absolute Gasteiger partial charge is 0.369 e. The molecule has 1 aromatic carbocycles. The van der Waals surface area contributed by atoms with Crippen LogP contribution in [0.4, 0.5) is 10.5 Å². The van der Waals surface area contributed by atoms with Gasteiger partial charge in [0.1, 0.15) is 0 Å². The molecule has 0 radical (unpaired) electrons. The number of fused-ring (bicyclic) bond motifs is 1. The van der Waals surface area contributed by atoms with E-state index in [0.717, 1.165) is 35.9 Å². The fraction of sp³-hybridized carbons (Fsp3) is 0.565. The van der Waals surface area contributed by atoms with E-state index in [1.807, 2.05) is 32.9 Å². The third-order valence-electron chi connectivity index (χ3n) is 6.24. The Kier molecular flexibility index (Phi) is 5.84. The molecule has 2 atom stereocenters. The fourth-order valence-electron chi connectivity index (χ4n) is 4.89. The van der Waals surface area contributed by atoms with Gasteiger partial charge in [-0.1, -0.05) is 12.1 Å². The zero-order chi connectivity index (χ0) is 24.1. The molecule has 4 rings (SSSR count). The molecule has 1 aromatic rings. The van der Waals surface area contributed by atoms with Crippen molar-refractivity contribution >= 4 is 33.2 Å². The van der Waals surface area contributed by atoms with Crippen molar-refractivity contribution in [2.24, 2.45) is 17.6 Å². The van der Waals surface area contributed by atoms with Crippen LogP contribution in [0.3, 0.4) is 0 Å². The molecule has 2 fully saturated rings. The lowest BCUT2D eigenvalue weighted by molar-refractivity contribution is -0.121. The number of hydrogen-bond donors (Lipinski definition) is 3. The predicted octanol–water partition coefficient (Wildman–Crippen LogP) is 1.79. The number of carbonyl (C=O) groups excluding carboxylic acids is 2. The van der Waals surface area contributed by atoms with E-state index >= 15 is 0 Å². The fourth-order valence-corrected chi connectivity index (χ4v) is 5.45. The standard InChI is InChI=1S/C23H33N5O4S/c1-23(2,3)25-22(30)27-11-12-28-17(13-27)19(21(24)29)18(20(28)15-5-6-15)14-7-9-16(10-8-14)26-33(4,31)32/h7-10,15,17,19,26H,5-6,11-13H2,1-4H3,(H2,24,29)(H,25,30). The molecule has 33 heavy (non-hydrogen) atoms. The first-order chi connectivity index (χ1) is 15.3. The van der Waals surface area contributed by atoms with Gasteiger partial charge in [0.2, 0.25) is 15.9 Å². The van der Waals surface area contributed by atoms with E-state index in [1.54, 1.807) is 17.0 Å². The number of benzene rings is 1. The molecule has 3 amide bonds. The van der Waals surface area contributed by atoms with Gasteiger partial charge in [0.05, 0.1) is 18.2 Å². The van der Waals surface area contributed by atoms with Gasteiger partial charge in [-0.15, -0.1) is 0 Å². The summed E-state index contributed by atoms with van der Waals surface area (Å²) in [6, 6.07) is 6.73. The van der Waals surface area contributed by atoms with E-state index in [0.29, 0.717) is 31.2 Å². The Morgan fingerprint density at radius 2 is 1.73 bits per heavy atom. The number of nitrogens with one attached hydrogen (secondary N) is 2. The number of piperazine rings is 1. The zero-order valence-electron chi connectivity index (χ0n) is 19.6. The molecular weight excluding hydrogens is 442 g/mol. The zero-order valence-corrected chi connectivity index (χ0v) is 20.4. The number of sulfonamides is 1. The Hall–Kier alpha value is -2.75. The van der Waals surface area contributed by atoms with Crippen LogP contribution >= 0.6 is 0 Å². The molecule has 1 saturated heterocycles. The maximum Gasteiger partial charge on any atom is 0.317 e. The van der Waals surface area contributed by atoms with Gasteiger partial charge < -0.3 is 20.9 Å². The number of allylic oxidation sites excluding steroid dienone is 1. The van der Waals surface area contributed by atoms with Gasteiger partial charge in [0, 0.05) is 36.6 Å². The normalized spacial score (nSPS) is 23.4. The molecule has 0 aromatic heterocycles. The average Bonchev–Trinajstić information content (AvgIpc) is 3.46. The molecule has 1 saturated carbocycles. The number of nitrogens with zero attached hydrogens (tertiary/aromatic N) is 2. The summed E-state index contributed by atoms with van der Waals surface area (Å²) < 4.78 is 25.6. The van der Waals surface area contributed by atoms with Crippen molar-refractivity contribution in [1.82, 2.24) is 15.1 Å². The molecule has 1 aliphatic carbocycles. The third kappa shape index (κ3) is 5.10. The number of rotatable bonds is 5. The lowest BCUT2D eigenvalue weighted by Gasteiger charge is -2.42. The molecule has 4 N–H and O–H groups in total. The van der Waals surface area contributed by atoms with Gasteiger partial charge >= 0.3 is 6.03 Å². The molecule has 0 bridgehead atoms. The van der Waals surface area contributed by atoms with Crippen LogP contribution in [0.5, 0.6) is 0 Å². The molecule has 10 heteroatoms. The van der Waals surface area contributed by atoms with Gasteiger partial charge in [0.25, 0.3) is 0 Å². The molecule has 2 heterocycles. The number of hydrogen-bond acceptors (Lipinski definition) is 5. The highest BCUT2D eigenvalue weighted by Crippen LogP contribution is 2.51. The van der Waals surface area contributed by atoms with E-state index in [9.17, 15) is 18.0 Å². The summed E-state index contributed by atoms with van der Waals surface area (Å²) in [5.41, 5.74) is 8.99. The molecular formula is C23H33N5O4S. The SMILES string of the molecule is CC(C)(C)NC(=O)N1CCN2C(C3CC3)=C(c3ccc(NS(C)(=O)=O)cc3)C(C(N)=O)C2C1. The third-order valence-corrected chi connectivity index (χ3v) is 6.85. The summed E-state index contributed by atoms with van der Waals surface area (Å²) in [6.07, 6.45) is 3.24. The molecule has 0 spiro atoms. The van der Waals surface area contributed by atoms with Gasteiger partial charge in [-0.25, -0.2) is 13.2 Å². The summed E-state index contributed by atoms with van der Waals surface area (Å²) in [6.45, 7) is 7.46. The molecule has 180 valence electrons. The summed E-state index contributed by atoms with van der Waals surface area (Å²) in [7, 11) is -3.38. The highest BCUT2D eigenvalue weighted by atomic mass is 32.2. The first-order valence-electron chi connectivity index (χ1n) is 11.3. The minimum Gasteiger partial charge on any atom is -0.369 e. The Balaban J connectivity index is 1.66. The quantitative estimate of drug-likeness (QED) is 0.599. The van der Waals surface area contributed by atoms with Crippen LogP contribution in [0.2, 0.25) is 0 Å². The topological polar surface area (TPSA) is 125 Å². The van der Waals surface area contributed by atoms with E-state index in [-0.39, 0.29) is 17.6 Å². The number of nitrogens with two attached hydrogens (primary N) is 1. The van der Waals surface area contributed by atoms with Crippen LogP contribution in [0, 0.1) is 11.8 Å². The Bertz CT molecular complexity index is 1090. The van der Waals surface area contributed by atoms with Crippen LogP contribution in [0.15, 0.2) is 30.0 Å².